The first-order valence-electron chi connectivity index (χ1n) is 4.22. The van der Waals surface area contributed by atoms with Crippen molar-refractivity contribution in [3.8, 4) is 0 Å². The summed E-state index contributed by atoms with van der Waals surface area (Å²) in [5, 5.41) is 0.812. The van der Waals surface area contributed by atoms with Gasteiger partial charge >= 0.3 is 0 Å². The second-order valence-electron chi connectivity index (χ2n) is 3.02. The van der Waals surface area contributed by atoms with Crippen LogP contribution in [0, 0.1) is 0 Å². The monoisotopic (exact) mass is 199 g/mol. The van der Waals surface area contributed by atoms with E-state index in [-0.39, 0.29) is 6.15 Å². The molecule has 13 heavy (non-hydrogen) atoms. The Hall–Kier alpha value is -0.800. The molecule has 0 aromatic carbocycles. The van der Waals surface area contributed by atoms with Gasteiger partial charge in [0.05, 0.1) is 16.9 Å². The van der Waals surface area contributed by atoms with E-state index in [2.05, 4.69) is 9.88 Å². The van der Waals surface area contributed by atoms with E-state index in [0.717, 1.165) is 23.8 Å². The van der Waals surface area contributed by atoms with Gasteiger partial charge in [0.15, 0.2) is 0 Å². The Bertz CT molecular complexity index is 271. The molecule has 0 radical (unpaired) electrons. The molecule has 0 unspecified atom stereocenters. The fraction of sp³-hybridized carbons (Fsp3) is 0.444. The molecule has 1 aromatic rings. The molecule has 2 heterocycles. The molecule has 0 bridgehead atoms. The Morgan fingerprint density at radius 1 is 1.31 bits per heavy atom. The predicted molar refractivity (Wildman–Crippen MR) is 55.7 cm³/mol. The standard InChI is InChI=1S/C9H11ClN2.H3N/c10-8-3-4-11-7-9(8)12-5-1-2-6-12;/h3-4,7H,1-2,5-6H2;1H3. The largest absolute Gasteiger partial charge is 0.369 e. The van der Waals surface area contributed by atoms with Crippen LogP contribution in [0.15, 0.2) is 18.5 Å². The molecule has 1 aromatic heterocycles. The van der Waals surface area contributed by atoms with Crippen LogP contribution in [-0.4, -0.2) is 18.1 Å². The van der Waals surface area contributed by atoms with Crippen molar-refractivity contribution in [1.82, 2.24) is 11.1 Å². The third-order valence-corrected chi connectivity index (χ3v) is 2.51. The van der Waals surface area contributed by atoms with Crippen molar-refractivity contribution < 1.29 is 0 Å². The minimum atomic E-state index is 0. The summed E-state index contributed by atoms with van der Waals surface area (Å²) in [6.07, 6.45) is 6.10. The zero-order chi connectivity index (χ0) is 8.39. The van der Waals surface area contributed by atoms with Gasteiger partial charge in [0, 0.05) is 19.3 Å². The fourth-order valence-electron chi connectivity index (χ4n) is 1.56. The molecule has 1 aliphatic heterocycles. The van der Waals surface area contributed by atoms with Gasteiger partial charge in [-0.3, -0.25) is 4.98 Å². The molecule has 3 N–H and O–H groups in total. The van der Waals surface area contributed by atoms with Crippen LogP contribution in [0.4, 0.5) is 5.69 Å². The van der Waals surface area contributed by atoms with E-state index in [9.17, 15) is 0 Å². The van der Waals surface area contributed by atoms with E-state index in [1.807, 2.05) is 12.3 Å². The molecule has 72 valence electrons. The third-order valence-electron chi connectivity index (χ3n) is 2.20. The van der Waals surface area contributed by atoms with Crippen LogP contribution in [0.5, 0.6) is 0 Å². The predicted octanol–water partition coefficient (Wildman–Crippen LogP) is 2.50. The van der Waals surface area contributed by atoms with Gasteiger partial charge < -0.3 is 11.1 Å². The number of hydrogen-bond donors (Lipinski definition) is 1. The number of halogens is 1. The van der Waals surface area contributed by atoms with E-state index in [4.69, 9.17) is 11.6 Å². The molecule has 1 fully saturated rings. The van der Waals surface area contributed by atoms with Gasteiger partial charge in [-0.2, -0.15) is 0 Å². The number of aromatic nitrogens is 1. The maximum absolute atomic E-state index is 6.02. The molecule has 0 saturated carbocycles. The minimum absolute atomic E-state index is 0. The fourth-order valence-corrected chi connectivity index (χ4v) is 1.78. The second-order valence-corrected chi connectivity index (χ2v) is 3.43. The lowest BCUT2D eigenvalue weighted by molar-refractivity contribution is 0.949. The average Bonchev–Trinajstić information content (AvgIpc) is 2.57. The smallest absolute Gasteiger partial charge is 0.0742 e. The maximum atomic E-state index is 6.02. The molecule has 2 rings (SSSR count). The molecule has 0 atom stereocenters. The lowest BCUT2D eigenvalue weighted by Gasteiger charge is -2.17. The van der Waals surface area contributed by atoms with Crippen LogP contribution in [0.1, 0.15) is 12.8 Å². The second kappa shape index (κ2) is 4.44. The van der Waals surface area contributed by atoms with Crippen LogP contribution in [0.2, 0.25) is 5.02 Å². The molecule has 1 saturated heterocycles. The zero-order valence-corrected chi connectivity index (χ0v) is 8.30. The van der Waals surface area contributed by atoms with Crippen LogP contribution >= 0.6 is 11.6 Å². The van der Waals surface area contributed by atoms with Gasteiger partial charge in [-0.05, 0) is 18.9 Å². The average molecular weight is 200 g/mol. The number of hydrogen-bond acceptors (Lipinski definition) is 3. The first kappa shape index (κ1) is 10.3. The summed E-state index contributed by atoms with van der Waals surface area (Å²) in [5.41, 5.74) is 1.08. The van der Waals surface area contributed by atoms with Crippen molar-refractivity contribution in [2.45, 2.75) is 12.8 Å². The highest BCUT2D eigenvalue weighted by Gasteiger charge is 2.14. The van der Waals surface area contributed by atoms with Crippen LogP contribution < -0.4 is 11.1 Å². The van der Waals surface area contributed by atoms with Crippen molar-refractivity contribution >= 4 is 17.3 Å². The number of nitrogens with zero attached hydrogens (tertiary/aromatic N) is 2. The van der Waals surface area contributed by atoms with E-state index in [1.165, 1.54) is 12.8 Å². The van der Waals surface area contributed by atoms with Crippen LogP contribution in [-0.2, 0) is 0 Å². The van der Waals surface area contributed by atoms with Crippen molar-refractivity contribution in [2.24, 2.45) is 0 Å². The summed E-state index contributed by atoms with van der Waals surface area (Å²) in [6.45, 7) is 2.23. The van der Waals surface area contributed by atoms with Gasteiger partial charge in [0.25, 0.3) is 0 Å². The summed E-state index contributed by atoms with van der Waals surface area (Å²) in [5.74, 6) is 0. The highest BCUT2D eigenvalue weighted by atomic mass is 35.5. The third kappa shape index (κ3) is 2.11. The lowest BCUT2D eigenvalue weighted by Crippen LogP contribution is -2.17. The number of pyridine rings is 1. The van der Waals surface area contributed by atoms with E-state index < -0.39 is 0 Å². The van der Waals surface area contributed by atoms with Crippen LogP contribution in [0.3, 0.4) is 0 Å². The minimum Gasteiger partial charge on any atom is -0.369 e. The van der Waals surface area contributed by atoms with Gasteiger partial charge in [-0.1, -0.05) is 11.6 Å². The number of anilines is 1. The van der Waals surface area contributed by atoms with Crippen molar-refractivity contribution in [3.63, 3.8) is 0 Å². The Labute approximate surface area is 83.3 Å². The summed E-state index contributed by atoms with van der Waals surface area (Å²) < 4.78 is 0. The van der Waals surface area contributed by atoms with Gasteiger partial charge in [-0.25, -0.2) is 0 Å². The molecule has 3 nitrogen and oxygen atoms in total. The molecular formula is C9H14ClN3. The topological polar surface area (TPSA) is 51.1 Å². The number of rotatable bonds is 1. The summed E-state index contributed by atoms with van der Waals surface area (Å²) in [7, 11) is 0. The maximum Gasteiger partial charge on any atom is 0.0742 e. The molecular weight excluding hydrogens is 186 g/mol. The summed E-state index contributed by atoms with van der Waals surface area (Å²) in [6, 6.07) is 1.84. The Morgan fingerprint density at radius 3 is 2.62 bits per heavy atom. The Kier molecular flexibility index (Phi) is 3.51. The van der Waals surface area contributed by atoms with E-state index in [0.29, 0.717) is 0 Å². The van der Waals surface area contributed by atoms with Crippen LogP contribution in [0.25, 0.3) is 0 Å². The molecule has 1 aliphatic rings. The van der Waals surface area contributed by atoms with Crippen molar-refractivity contribution in [1.29, 1.82) is 0 Å². The first-order chi connectivity index (χ1) is 5.88. The van der Waals surface area contributed by atoms with Gasteiger partial charge in [0.1, 0.15) is 0 Å². The first-order valence-corrected chi connectivity index (χ1v) is 4.60. The Balaban J connectivity index is 0.000000845. The van der Waals surface area contributed by atoms with Crippen molar-refractivity contribution in [2.75, 3.05) is 18.0 Å². The van der Waals surface area contributed by atoms with E-state index >= 15 is 0 Å². The zero-order valence-electron chi connectivity index (χ0n) is 7.54. The molecule has 4 heteroatoms. The Morgan fingerprint density at radius 2 is 2.00 bits per heavy atom. The van der Waals surface area contributed by atoms with Gasteiger partial charge in [0.2, 0.25) is 0 Å². The summed E-state index contributed by atoms with van der Waals surface area (Å²) in [4.78, 5) is 6.35. The highest BCUT2D eigenvalue weighted by molar-refractivity contribution is 6.33. The molecule has 0 spiro atoms. The summed E-state index contributed by atoms with van der Waals surface area (Å²) >= 11 is 6.02. The molecule has 0 amide bonds. The van der Waals surface area contributed by atoms with E-state index in [1.54, 1.807) is 6.20 Å². The van der Waals surface area contributed by atoms with Crippen molar-refractivity contribution in [3.05, 3.63) is 23.5 Å². The van der Waals surface area contributed by atoms with Gasteiger partial charge in [-0.15, -0.1) is 0 Å². The normalized spacial score (nSPS) is 15.6. The molecule has 0 aliphatic carbocycles. The highest BCUT2D eigenvalue weighted by Crippen LogP contribution is 2.26. The SMILES string of the molecule is Clc1ccncc1N1CCCC1.N. The lowest BCUT2D eigenvalue weighted by atomic mass is 10.4. The quantitative estimate of drug-likeness (QED) is 0.756.